The molecule has 0 N–H and O–H groups in total. The zero-order valence-electron chi connectivity index (χ0n) is 13.7. The number of nitrogens with zero attached hydrogens (tertiary/aromatic N) is 4. The minimum Gasteiger partial charge on any atom is -0.493 e. The molecule has 0 spiro atoms. The number of aromatic nitrogens is 4. The van der Waals surface area contributed by atoms with E-state index in [-0.39, 0.29) is 11.2 Å². The van der Waals surface area contributed by atoms with Crippen LogP contribution in [-0.2, 0) is 11.8 Å². The fourth-order valence-corrected chi connectivity index (χ4v) is 2.75. The first-order valence-corrected chi connectivity index (χ1v) is 7.97. The van der Waals surface area contributed by atoms with Crippen LogP contribution < -0.4 is 4.74 Å². The molecule has 1 aliphatic carbocycles. The Kier molecular flexibility index (Phi) is 3.33. The molecule has 0 bridgehead atoms. The Balaban J connectivity index is 1.77. The van der Waals surface area contributed by atoms with Crippen molar-refractivity contribution in [2.24, 2.45) is 0 Å². The first kappa shape index (κ1) is 14.8. The number of pyridine rings is 2. The maximum absolute atomic E-state index is 12.8. The van der Waals surface area contributed by atoms with E-state index < -0.39 is 0 Å². The Hall–Kier alpha value is -2.76. The van der Waals surface area contributed by atoms with Crippen molar-refractivity contribution in [1.82, 2.24) is 19.6 Å². The second kappa shape index (κ2) is 5.40. The highest BCUT2D eigenvalue weighted by Gasteiger charge is 2.43. The van der Waals surface area contributed by atoms with Crippen LogP contribution in [0.15, 0.2) is 36.7 Å². The SMILES string of the molecule is COc1ccc(C(=O)Cc2ccncc2)n2nc(C3(C)CC3)nc12. The van der Waals surface area contributed by atoms with Crippen molar-refractivity contribution in [2.75, 3.05) is 7.11 Å². The Morgan fingerprint density at radius 3 is 2.67 bits per heavy atom. The minimum absolute atomic E-state index is 0.00810. The number of ether oxygens (including phenoxy) is 1. The van der Waals surface area contributed by atoms with Gasteiger partial charge in [-0.1, -0.05) is 6.92 Å². The van der Waals surface area contributed by atoms with Gasteiger partial charge in [-0.3, -0.25) is 9.78 Å². The molecular formula is C18H18N4O2. The van der Waals surface area contributed by atoms with Gasteiger partial charge in [-0.05, 0) is 42.7 Å². The topological polar surface area (TPSA) is 69.4 Å². The number of Topliss-reactive ketones (excluding diaryl/α,β-unsaturated/α-hetero) is 1. The molecule has 3 heterocycles. The van der Waals surface area contributed by atoms with Gasteiger partial charge in [0.25, 0.3) is 0 Å². The summed E-state index contributed by atoms with van der Waals surface area (Å²) in [5, 5.41) is 4.61. The van der Waals surface area contributed by atoms with Gasteiger partial charge in [-0.2, -0.15) is 0 Å². The Morgan fingerprint density at radius 2 is 2.00 bits per heavy atom. The van der Waals surface area contributed by atoms with Gasteiger partial charge in [0, 0.05) is 24.2 Å². The summed E-state index contributed by atoms with van der Waals surface area (Å²) in [5.41, 5.74) is 2.07. The van der Waals surface area contributed by atoms with Crippen LogP contribution in [0.2, 0.25) is 0 Å². The third-order valence-electron chi connectivity index (χ3n) is 4.61. The van der Waals surface area contributed by atoms with Gasteiger partial charge in [-0.15, -0.1) is 5.10 Å². The van der Waals surface area contributed by atoms with Gasteiger partial charge in [0.05, 0.1) is 7.11 Å². The minimum atomic E-state index is -0.00810. The molecule has 1 fully saturated rings. The van der Waals surface area contributed by atoms with Gasteiger partial charge >= 0.3 is 0 Å². The first-order valence-electron chi connectivity index (χ1n) is 7.97. The summed E-state index contributed by atoms with van der Waals surface area (Å²) in [6.07, 6.45) is 5.83. The zero-order valence-corrected chi connectivity index (χ0v) is 13.7. The molecule has 24 heavy (non-hydrogen) atoms. The molecular weight excluding hydrogens is 304 g/mol. The molecule has 3 aromatic rings. The number of carbonyl (C=O) groups is 1. The molecule has 0 aromatic carbocycles. The third kappa shape index (κ3) is 2.44. The van der Waals surface area contributed by atoms with E-state index in [0.29, 0.717) is 23.5 Å². The summed E-state index contributed by atoms with van der Waals surface area (Å²) in [4.78, 5) is 21.4. The Bertz CT molecular complexity index is 913. The van der Waals surface area contributed by atoms with Crippen molar-refractivity contribution < 1.29 is 9.53 Å². The largest absolute Gasteiger partial charge is 0.493 e. The quantitative estimate of drug-likeness (QED) is 0.675. The van der Waals surface area contributed by atoms with Crippen LogP contribution in [0.5, 0.6) is 5.75 Å². The number of methoxy groups -OCH3 is 1. The van der Waals surface area contributed by atoms with Crippen LogP contribution in [0, 0.1) is 0 Å². The lowest BCUT2D eigenvalue weighted by Crippen LogP contribution is -2.11. The van der Waals surface area contributed by atoms with Crippen molar-refractivity contribution in [1.29, 1.82) is 0 Å². The van der Waals surface area contributed by atoms with Crippen molar-refractivity contribution >= 4 is 11.4 Å². The highest BCUT2D eigenvalue weighted by atomic mass is 16.5. The molecule has 0 unspecified atom stereocenters. The summed E-state index contributed by atoms with van der Waals surface area (Å²) < 4.78 is 7.01. The smallest absolute Gasteiger partial charge is 0.198 e. The lowest BCUT2D eigenvalue weighted by molar-refractivity contribution is 0.0985. The van der Waals surface area contributed by atoms with E-state index in [9.17, 15) is 4.79 Å². The zero-order chi connectivity index (χ0) is 16.7. The maximum atomic E-state index is 12.8. The van der Waals surface area contributed by atoms with E-state index >= 15 is 0 Å². The lowest BCUT2D eigenvalue weighted by atomic mass is 10.1. The number of ketones is 1. The number of fused-ring (bicyclic) bond motifs is 1. The number of carbonyl (C=O) groups excluding carboxylic acids is 1. The fraction of sp³-hybridized carbons (Fsp3) is 0.333. The summed E-state index contributed by atoms with van der Waals surface area (Å²) >= 11 is 0. The van der Waals surface area contributed by atoms with Gasteiger partial charge in [-0.25, -0.2) is 9.50 Å². The van der Waals surface area contributed by atoms with Crippen LogP contribution in [0.1, 0.15) is 41.6 Å². The monoisotopic (exact) mass is 322 g/mol. The number of hydrogen-bond donors (Lipinski definition) is 0. The second-order valence-electron chi connectivity index (χ2n) is 6.47. The molecule has 0 saturated heterocycles. The van der Waals surface area contributed by atoms with E-state index in [1.807, 2.05) is 12.1 Å². The number of rotatable bonds is 5. The molecule has 6 heteroatoms. The van der Waals surface area contributed by atoms with E-state index in [4.69, 9.17) is 4.74 Å². The van der Waals surface area contributed by atoms with Crippen LogP contribution in [-0.4, -0.2) is 32.5 Å². The predicted octanol–water partition coefficient (Wildman–Crippen LogP) is 2.61. The van der Waals surface area contributed by atoms with Gasteiger partial charge < -0.3 is 4.74 Å². The third-order valence-corrected chi connectivity index (χ3v) is 4.61. The van der Waals surface area contributed by atoms with Crippen LogP contribution in [0.25, 0.3) is 5.65 Å². The first-order chi connectivity index (χ1) is 11.6. The summed E-state index contributed by atoms with van der Waals surface area (Å²) in [7, 11) is 1.60. The van der Waals surface area contributed by atoms with Gasteiger partial charge in [0.15, 0.2) is 23.0 Å². The van der Waals surface area contributed by atoms with E-state index in [1.54, 1.807) is 36.2 Å². The molecule has 0 aliphatic heterocycles. The van der Waals surface area contributed by atoms with Gasteiger partial charge in [0.2, 0.25) is 0 Å². The molecule has 1 saturated carbocycles. The second-order valence-corrected chi connectivity index (χ2v) is 6.47. The standard InChI is InChI=1S/C18H18N4O2/c1-18(7-8-18)17-20-16-15(24-2)4-3-13(22(16)21-17)14(23)11-12-5-9-19-10-6-12/h3-6,9-10H,7-8,11H2,1-2H3. The normalized spacial score (nSPS) is 15.4. The van der Waals surface area contributed by atoms with Crippen molar-refractivity contribution in [3.8, 4) is 5.75 Å². The van der Waals surface area contributed by atoms with Gasteiger partial charge in [0.1, 0.15) is 5.69 Å². The summed E-state index contributed by atoms with van der Waals surface area (Å²) in [6.45, 7) is 2.15. The van der Waals surface area contributed by atoms with Crippen molar-refractivity contribution in [3.63, 3.8) is 0 Å². The van der Waals surface area contributed by atoms with Crippen LogP contribution in [0.4, 0.5) is 0 Å². The van der Waals surface area contributed by atoms with Crippen molar-refractivity contribution in [2.45, 2.75) is 31.6 Å². The molecule has 4 rings (SSSR count). The molecule has 6 nitrogen and oxygen atoms in total. The van der Waals surface area contributed by atoms with Crippen LogP contribution in [0.3, 0.4) is 0 Å². The average Bonchev–Trinajstić information content (AvgIpc) is 3.18. The molecule has 0 amide bonds. The fourth-order valence-electron chi connectivity index (χ4n) is 2.75. The van der Waals surface area contributed by atoms with E-state index in [1.165, 1.54) is 0 Å². The van der Waals surface area contributed by atoms with Crippen molar-refractivity contribution in [3.05, 3.63) is 53.7 Å². The molecule has 0 radical (unpaired) electrons. The molecule has 0 atom stereocenters. The molecule has 122 valence electrons. The summed E-state index contributed by atoms with van der Waals surface area (Å²) in [6, 6.07) is 7.22. The highest BCUT2D eigenvalue weighted by molar-refractivity contribution is 5.96. The number of hydrogen-bond acceptors (Lipinski definition) is 5. The highest BCUT2D eigenvalue weighted by Crippen LogP contribution is 2.46. The summed E-state index contributed by atoms with van der Waals surface area (Å²) in [5.74, 6) is 1.40. The van der Waals surface area contributed by atoms with E-state index in [0.717, 1.165) is 24.2 Å². The maximum Gasteiger partial charge on any atom is 0.198 e. The predicted molar refractivity (Wildman–Crippen MR) is 88.4 cm³/mol. The Labute approximate surface area is 139 Å². The molecule has 1 aliphatic rings. The Morgan fingerprint density at radius 1 is 1.25 bits per heavy atom. The van der Waals surface area contributed by atoms with E-state index in [2.05, 4.69) is 22.0 Å². The molecule has 3 aromatic heterocycles. The average molecular weight is 322 g/mol. The van der Waals surface area contributed by atoms with Crippen LogP contribution >= 0.6 is 0 Å². The lowest BCUT2D eigenvalue weighted by Gasteiger charge is -2.06.